The quantitative estimate of drug-likeness (QED) is 0.619. The van der Waals surface area contributed by atoms with Crippen LogP contribution in [0.2, 0.25) is 5.02 Å². The van der Waals surface area contributed by atoms with Crippen LogP contribution in [-0.4, -0.2) is 51.7 Å². The summed E-state index contributed by atoms with van der Waals surface area (Å²) in [7, 11) is 1.91. The molecule has 0 N–H and O–H groups in total. The first-order valence-electron chi connectivity index (χ1n) is 9.54. The summed E-state index contributed by atoms with van der Waals surface area (Å²) in [5.74, 6) is 1.42. The molecule has 0 bridgehead atoms. The Morgan fingerprint density at radius 1 is 1.17 bits per heavy atom. The molecule has 7 nitrogen and oxygen atoms in total. The first-order valence-corrected chi connectivity index (χ1v) is 9.91. The zero-order chi connectivity index (χ0) is 20.2. The first-order chi connectivity index (χ1) is 14.1. The minimum absolute atomic E-state index is 0.0879. The van der Waals surface area contributed by atoms with E-state index < -0.39 is 0 Å². The molecule has 1 fully saturated rings. The number of hydrogen-bond donors (Lipinski definition) is 0. The Morgan fingerprint density at radius 2 is 1.97 bits per heavy atom. The average Bonchev–Trinajstić information content (AvgIpc) is 3.36. The third-order valence-corrected chi connectivity index (χ3v) is 5.22. The highest BCUT2D eigenvalue weighted by atomic mass is 35.5. The van der Waals surface area contributed by atoms with Gasteiger partial charge in [0.25, 0.3) is 5.91 Å². The van der Waals surface area contributed by atoms with Crippen molar-refractivity contribution in [2.24, 2.45) is 7.05 Å². The molecule has 1 aliphatic heterocycles. The summed E-state index contributed by atoms with van der Waals surface area (Å²) in [6.07, 6.45) is 3.90. The Morgan fingerprint density at radius 3 is 2.69 bits per heavy atom. The van der Waals surface area contributed by atoms with E-state index in [2.05, 4.69) is 10.00 Å². The minimum atomic E-state index is -0.0879. The minimum Gasteiger partial charge on any atom is -0.484 e. The van der Waals surface area contributed by atoms with Gasteiger partial charge in [0.15, 0.2) is 5.76 Å². The number of furan rings is 1. The standard InChI is InChI=1S/C21H23ClN4O3/c1-24-13-16(12-23-24)14-25-8-10-26(11-9-25)21(27)20-7-6-17(29-20)15-28-19-5-3-2-4-18(19)22/h2-7,12-13H,8-11,14-15H2,1H3. The molecule has 0 unspecified atom stereocenters. The molecule has 4 rings (SSSR count). The van der Waals surface area contributed by atoms with Crippen molar-refractivity contribution in [2.75, 3.05) is 26.2 Å². The summed E-state index contributed by atoms with van der Waals surface area (Å²) in [5.41, 5.74) is 1.18. The normalized spacial score (nSPS) is 14.9. The average molecular weight is 415 g/mol. The lowest BCUT2D eigenvalue weighted by molar-refractivity contribution is 0.0594. The fraction of sp³-hybridized carbons (Fsp3) is 0.333. The van der Waals surface area contributed by atoms with Gasteiger partial charge < -0.3 is 14.1 Å². The molecule has 1 saturated heterocycles. The fourth-order valence-corrected chi connectivity index (χ4v) is 3.55. The lowest BCUT2D eigenvalue weighted by atomic mass is 10.2. The molecular formula is C21H23ClN4O3. The fourth-order valence-electron chi connectivity index (χ4n) is 3.36. The number of halogens is 1. The van der Waals surface area contributed by atoms with E-state index in [1.54, 1.807) is 28.9 Å². The van der Waals surface area contributed by atoms with E-state index in [1.807, 2.05) is 36.5 Å². The lowest BCUT2D eigenvalue weighted by Crippen LogP contribution is -2.48. The zero-order valence-electron chi connectivity index (χ0n) is 16.3. The number of rotatable bonds is 6. The number of aryl methyl sites for hydroxylation is 1. The highest BCUT2D eigenvalue weighted by Gasteiger charge is 2.24. The Labute approximate surface area is 174 Å². The van der Waals surface area contributed by atoms with Crippen molar-refractivity contribution in [1.29, 1.82) is 0 Å². The van der Waals surface area contributed by atoms with Crippen LogP contribution in [0.5, 0.6) is 5.75 Å². The second-order valence-corrected chi connectivity index (χ2v) is 7.48. The van der Waals surface area contributed by atoms with Gasteiger partial charge in [-0.1, -0.05) is 23.7 Å². The maximum atomic E-state index is 12.7. The van der Waals surface area contributed by atoms with Gasteiger partial charge in [0.1, 0.15) is 18.1 Å². The van der Waals surface area contributed by atoms with E-state index in [1.165, 1.54) is 5.56 Å². The second kappa shape index (κ2) is 8.71. The van der Waals surface area contributed by atoms with E-state index in [4.69, 9.17) is 20.8 Å². The first kappa shape index (κ1) is 19.5. The molecule has 8 heteroatoms. The molecule has 1 aliphatic rings. The van der Waals surface area contributed by atoms with E-state index in [0.717, 1.165) is 19.6 Å². The molecule has 1 aromatic carbocycles. The number of aromatic nitrogens is 2. The van der Waals surface area contributed by atoms with E-state index in [-0.39, 0.29) is 12.5 Å². The second-order valence-electron chi connectivity index (χ2n) is 7.08. The number of piperazine rings is 1. The number of amides is 1. The summed E-state index contributed by atoms with van der Waals surface area (Å²) in [4.78, 5) is 16.9. The summed E-state index contributed by atoms with van der Waals surface area (Å²) < 4.78 is 13.2. The highest BCUT2D eigenvalue weighted by Crippen LogP contribution is 2.24. The summed E-state index contributed by atoms with van der Waals surface area (Å²) >= 11 is 6.09. The topological polar surface area (TPSA) is 63.7 Å². The van der Waals surface area contributed by atoms with Gasteiger partial charge in [0.2, 0.25) is 0 Å². The number of hydrogen-bond acceptors (Lipinski definition) is 5. The third-order valence-electron chi connectivity index (χ3n) is 4.90. The predicted octanol–water partition coefficient (Wildman–Crippen LogP) is 3.20. The SMILES string of the molecule is Cn1cc(CN2CCN(C(=O)c3ccc(COc4ccccc4Cl)o3)CC2)cn1. The third kappa shape index (κ3) is 4.81. The largest absolute Gasteiger partial charge is 0.484 e. The number of benzene rings is 1. The molecule has 152 valence electrons. The van der Waals surface area contributed by atoms with Crippen LogP contribution in [0.25, 0.3) is 0 Å². The maximum absolute atomic E-state index is 12.7. The molecule has 2 aromatic heterocycles. The van der Waals surface area contributed by atoms with Crippen LogP contribution < -0.4 is 4.74 Å². The summed E-state index contributed by atoms with van der Waals surface area (Å²) in [6.45, 7) is 4.06. The van der Waals surface area contributed by atoms with Gasteiger partial charge in [0, 0.05) is 51.5 Å². The van der Waals surface area contributed by atoms with E-state index in [0.29, 0.717) is 35.4 Å². The maximum Gasteiger partial charge on any atom is 0.289 e. The number of para-hydroxylation sites is 1. The van der Waals surface area contributed by atoms with Gasteiger partial charge >= 0.3 is 0 Å². The lowest BCUT2D eigenvalue weighted by Gasteiger charge is -2.34. The van der Waals surface area contributed by atoms with Crippen molar-refractivity contribution in [3.63, 3.8) is 0 Å². The van der Waals surface area contributed by atoms with Gasteiger partial charge in [-0.2, -0.15) is 5.10 Å². The molecule has 3 aromatic rings. The Kier molecular flexibility index (Phi) is 5.87. The number of carbonyl (C=O) groups excluding carboxylic acids is 1. The van der Waals surface area contributed by atoms with Crippen LogP contribution >= 0.6 is 11.6 Å². The van der Waals surface area contributed by atoms with Crippen LogP contribution in [0.4, 0.5) is 0 Å². The smallest absolute Gasteiger partial charge is 0.289 e. The highest BCUT2D eigenvalue weighted by molar-refractivity contribution is 6.32. The Balaban J connectivity index is 1.28. The monoisotopic (exact) mass is 414 g/mol. The van der Waals surface area contributed by atoms with Gasteiger partial charge in [-0.15, -0.1) is 0 Å². The van der Waals surface area contributed by atoms with Gasteiger partial charge in [-0.05, 0) is 24.3 Å². The van der Waals surface area contributed by atoms with Crippen LogP contribution in [0.3, 0.4) is 0 Å². The van der Waals surface area contributed by atoms with Crippen molar-refractivity contribution in [3.8, 4) is 5.75 Å². The van der Waals surface area contributed by atoms with Crippen molar-refractivity contribution in [3.05, 3.63) is 70.9 Å². The van der Waals surface area contributed by atoms with Crippen LogP contribution in [-0.2, 0) is 20.2 Å². The number of nitrogens with zero attached hydrogens (tertiary/aromatic N) is 4. The molecule has 29 heavy (non-hydrogen) atoms. The Hall–Kier alpha value is -2.77. The Bertz CT molecular complexity index is 976. The van der Waals surface area contributed by atoms with Crippen LogP contribution in [0.15, 0.2) is 53.2 Å². The number of carbonyl (C=O) groups is 1. The van der Waals surface area contributed by atoms with Crippen molar-refractivity contribution < 1.29 is 13.9 Å². The van der Waals surface area contributed by atoms with Gasteiger partial charge in [0.05, 0.1) is 11.2 Å². The molecule has 0 aliphatic carbocycles. The predicted molar refractivity (Wildman–Crippen MR) is 109 cm³/mol. The molecule has 0 atom stereocenters. The van der Waals surface area contributed by atoms with Crippen molar-refractivity contribution in [2.45, 2.75) is 13.2 Å². The molecule has 1 amide bonds. The van der Waals surface area contributed by atoms with E-state index in [9.17, 15) is 4.79 Å². The number of ether oxygens (including phenoxy) is 1. The molecule has 0 spiro atoms. The molecular weight excluding hydrogens is 392 g/mol. The van der Waals surface area contributed by atoms with Crippen molar-refractivity contribution >= 4 is 17.5 Å². The van der Waals surface area contributed by atoms with Gasteiger partial charge in [-0.25, -0.2) is 0 Å². The molecule has 3 heterocycles. The van der Waals surface area contributed by atoms with Crippen LogP contribution in [0, 0.1) is 0 Å². The molecule has 0 saturated carbocycles. The van der Waals surface area contributed by atoms with Gasteiger partial charge in [-0.3, -0.25) is 14.4 Å². The van der Waals surface area contributed by atoms with E-state index >= 15 is 0 Å². The zero-order valence-corrected chi connectivity index (χ0v) is 17.0. The van der Waals surface area contributed by atoms with Crippen molar-refractivity contribution in [1.82, 2.24) is 19.6 Å². The summed E-state index contributed by atoms with van der Waals surface area (Å²) in [5, 5.41) is 4.74. The van der Waals surface area contributed by atoms with Crippen LogP contribution in [0.1, 0.15) is 21.9 Å². The summed E-state index contributed by atoms with van der Waals surface area (Å²) in [6, 6.07) is 10.7. The molecule has 0 radical (unpaired) electrons.